The fourth-order valence-electron chi connectivity index (χ4n) is 2.00. The van der Waals surface area contributed by atoms with Crippen LogP contribution in [-0.4, -0.2) is 10.1 Å². The summed E-state index contributed by atoms with van der Waals surface area (Å²) in [5.74, 6) is 0.772. The predicted octanol–water partition coefficient (Wildman–Crippen LogP) is 4.17. The summed E-state index contributed by atoms with van der Waals surface area (Å²) in [5, 5.41) is 11.5. The van der Waals surface area contributed by atoms with Crippen LogP contribution in [0.4, 0.5) is 0 Å². The number of fused-ring (bicyclic) bond motifs is 1. The van der Waals surface area contributed by atoms with Gasteiger partial charge in [0.25, 0.3) is 0 Å². The molecule has 0 amide bonds. The smallest absolute Gasteiger partial charge is 0.141 e. The van der Waals surface area contributed by atoms with E-state index in [4.69, 9.17) is 16.3 Å². The largest absolute Gasteiger partial charge is 0.506 e. The summed E-state index contributed by atoms with van der Waals surface area (Å²) in [6, 6.07) is 15.3. The first kappa shape index (κ1) is 12.8. The highest BCUT2D eigenvalue weighted by Gasteiger charge is 2.06. The highest BCUT2D eigenvalue weighted by Crippen LogP contribution is 2.31. The molecule has 3 aromatic rings. The van der Waals surface area contributed by atoms with Crippen LogP contribution >= 0.6 is 11.6 Å². The maximum atomic E-state index is 9.83. The second-order valence-corrected chi connectivity index (χ2v) is 4.77. The van der Waals surface area contributed by atoms with E-state index in [9.17, 15) is 5.11 Å². The molecule has 2 aromatic carbocycles. The van der Waals surface area contributed by atoms with E-state index in [0.29, 0.717) is 28.3 Å². The zero-order valence-corrected chi connectivity index (χ0v) is 11.3. The van der Waals surface area contributed by atoms with E-state index in [1.165, 1.54) is 6.20 Å². The van der Waals surface area contributed by atoms with Crippen molar-refractivity contribution in [3.8, 4) is 11.5 Å². The van der Waals surface area contributed by atoms with Gasteiger partial charge in [-0.25, -0.2) is 4.98 Å². The van der Waals surface area contributed by atoms with Gasteiger partial charge in [-0.05, 0) is 23.8 Å². The van der Waals surface area contributed by atoms with Crippen LogP contribution in [-0.2, 0) is 6.61 Å². The molecule has 0 radical (unpaired) electrons. The summed E-state index contributed by atoms with van der Waals surface area (Å²) >= 11 is 5.99. The molecule has 0 saturated heterocycles. The van der Waals surface area contributed by atoms with Crippen molar-refractivity contribution in [2.45, 2.75) is 6.61 Å². The molecule has 0 aliphatic heterocycles. The molecule has 1 N–H and O–H groups in total. The van der Waals surface area contributed by atoms with E-state index in [1.54, 1.807) is 12.1 Å². The second kappa shape index (κ2) is 5.39. The van der Waals surface area contributed by atoms with E-state index in [-0.39, 0.29) is 5.75 Å². The number of pyridine rings is 1. The lowest BCUT2D eigenvalue weighted by Gasteiger charge is -2.08. The van der Waals surface area contributed by atoms with Gasteiger partial charge in [-0.1, -0.05) is 41.9 Å². The summed E-state index contributed by atoms with van der Waals surface area (Å²) < 4.78 is 5.72. The normalized spacial score (nSPS) is 10.7. The molecule has 0 atom stereocenters. The van der Waals surface area contributed by atoms with Crippen LogP contribution in [0.3, 0.4) is 0 Å². The fraction of sp³-hybridized carbons (Fsp3) is 0.0625. The number of hydrogen-bond acceptors (Lipinski definition) is 3. The van der Waals surface area contributed by atoms with Crippen molar-refractivity contribution >= 4 is 22.4 Å². The van der Waals surface area contributed by atoms with E-state index >= 15 is 0 Å². The molecule has 1 aromatic heterocycles. The van der Waals surface area contributed by atoms with Crippen molar-refractivity contribution in [1.29, 1.82) is 0 Å². The summed E-state index contributed by atoms with van der Waals surface area (Å²) in [5.41, 5.74) is 1.09. The third-order valence-corrected chi connectivity index (χ3v) is 3.34. The van der Waals surface area contributed by atoms with Gasteiger partial charge in [0.1, 0.15) is 23.3 Å². The minimum atomic E-state index is 0.0922. The molecule has 3 rings (SSSR count). The Bertz CT molecular complexity index is 744. The number of ether oxygens (including phenoxy) is 1. The first-order valence-electron chi connectivity index (χ1n) is 6.18. The van der Waals surface area contributed by atoms with Crippen molar-refractivity contribution in [2.75, 3.05) is 0 Å². The maximum Gasteiger partial charge on any atom is 0.141 e. The molecular formula is C16H12ClNO2. The lowest BCUT2D eigenvalue weighted by molar-refractivity contribution is 0.306. The number of nitrogens with zero attached hydrogens (tertiary/aromatic N) is 1. The molecule has 0 aliphatic carbocycles. The molecule has 0 bridgehead atoms. The van der Waals surface area contributed by atoms with Gasteiger partial charge in [-0.2, -0.15) is 0 Å². The van der Waals surface area contributed by atoms with Crippen molar-refractivity contribution < 1.29 is 9.84 Å². The number of rotatable bonds is 3. The molecule has 0 aliphatic rings. The van der Waals surface area contributed by atoms with Gasteiger partial charge in [0.05, 0.1) is 6.20 Å². The Morgan fingerprint density at radius 1 is 1.05 bits per heavy atom. The van der Waals surface area contributed by atoms with Crippen LogP contribution in [0.25, 0.3) is 10.8 Å². The second-order valence-electron chi connectivity index (χ2n) is 4.42. The first-order valence-corrected chi connectivity index (χ1v) is 6.56. The topological polar surface area (TPSA) is 42.4 Å². The van der Waals surface area contributed by atoms with E-state index in [2.05, 4.69) is 4.98 Å². The fourth-order valence-corrected chi connectivity index (χ4v) is 2.22. The zero-order valence-electron chi connectivity index (χ0n) is 10.6. The summed E-state index contributed by atoms with van der Waals surface area (Å²) in [6.45, 7) is 0.478. The predicted molar refractivity (Wildman–Crippen MR) is 79.2 cm³/mol. The highest BCUT2D eigenvalue weighted by molar-refractivity contribution is 6.34. The molecule has 100 valence electrons. The van der Waals surface area contributed by atoms with Gasteiger partial charge in [-0.15, -0.1) is 0 Å². The van der Waals surface area contributed by atoms with Crippen LogP contribution in [0.15, 0.2) is 54.7 Å². The van der Waals surface area contributed by atoms with Crippen LogP contribution in [0.1, 0.15) is 5.56 Å². The quantitative estimate of drug-likeness (QED) is 0.734. The summed E-state index contributed by atoms with van der Waals surface area (Å²) in [6.07, 6.45) is 1.34. The standard InChI is InChI=1S/C16H12ClNO2/c17-16-13-7-6-12(8-14(13)15(19)9-18-16)20-10-11-4-2-1-3-5-11/h1-9,19H,10H2. The monoisotopic (exact) mass is 285 g/mol. The molecule has 0 fully saturated rings. The SMILES string of the molecule is Oc1cnc(Cl)c2ccc(OCc3ccccc3)cc12. The molecule has 0 unspecified atom stereocenters. The minimum Gasteiger partial charge on any atom is -0.506 e. The molecule has 20 heavy (non-hydrogen) atoms. The van der Waals surface area contributed by atoms with Gasteiger partial charge in [0, 0.05) is 10.8 Å². The molecule has 3 nitrogen and oxygen atoms in total. The third kappa shape index (κ3) is 2.53. The van der Waals surface area contributed by atoms with Crippen LogP contribution in [0, 0.1) is 0 Å². The lowest BCUT2D eigenvalue weighted by Crippen LogP contribution is -1.95. The Balaban J connectivity index is 1.88. The molecule has 0 saturated carbocycles. The number of hydrogen-bond donors (Lipinski definition) is 1. The first-order chi connectivity index (χ1) is 9.74. The van der Waals surface area contributed by atoms with Crippen LogP contribution in [0.2, 0.25) is 5.15 Å². The van der Waals surface area contributed by atoms with Gasteiger partial charge >= 0.3 is 0 Å². The van der Waals surface area contributed by atoms with Crippen molar-refractivity contribution in [3.05, 3.63) is 65.4 Å². The molecular weight excluding hydrogens is 274 g/mol. The summed E-state index contributed by atoms with van der Waals surface area (Å²) in [7, 11) is 0. The number of benzene rings is 2. The summed E-state index contributed by atoms with van der Waals surface area (Å²) in [4.78, 5) is 3.90. The van der Waals surface area contributed by atoms with Crippen molar-refractivity contribution in [1.82, 2.24) is 4.98 Å². The average molecular weight is 286 g/mol. The van der Waals surface area contributed by atoms with Gasteiger partial charge < -0.3 is 9.84 Å². The third-order valence-electron chi connectivity index (χ3n) is 3.04. The number of halogens is 1. The zero-order chi connectivity index (χ0) is 13.9. The molecule has 0 spiro atoms. The van der Waals surface area contributed by atoms with Crippen molar-refractivity contribution in [3.63, 3.8) is 0 Å². The van der Waals surface area contributed by atoms with E-state index in [0.717, 1.165) is 5.56 Å². The Morgan fingerprint density at radius 3 is 2.65 bits per heavy atom. The van der Waals surface area contributed by atoms with Crippen LogP contribution in [0.5, 0.6) is 11.5 Å². The molecule has 4 heteroatoms. The Kier molecular flexibility index (Phi) is 3.44. The van der Waals surface area contributed by atoms with Crippen molar-refractivity contribution in [2.24, 2.45) is 0 Å². The van der Waals surface area contributed by atoms with Gasteiger partial charge in [-0.3, -0.25) is 0 Å². The highest BCUT2D eigenvalue weighted by atomic mass is 35.5. The number of aromatic hydroxyl groups is 1. The number of aromatic nitrogens is 1. The van der Waals surface area contributed by atoms with E-state index < -0.39 is 0 Å². The Hall–Kier alpha value is -2.26. The van der Waals surface area contributed by atoms with E-state index in [1.807, 2.05) is 36.4 Å². The van der Waals surface area contributed by atoms with Gasteiger partial charge in [0.15, 0.2) is 0 Å². The average Bonchev–Trinajstić information content (AvgIpc) is 2.50. The molecule has 1 heterocycles. The minimum absolute atomic E-state index is 0.0922. The Morgan fingerprint density at radius 2 is 1.85 bits per heavy atom. The maximum absolute atomic E-state index is 9.83. The Labute approximate surface area is 121 Å². The lowest BCUT2D eigenvalue weighted by atomic mass is 10.1. The van der Waals surface area contributed by atoms with Gasteiger partial charge in [0.2, 0.25) is 0 Å². The van der Waals surface area contributed by atoms with Crippen LogP contribution < -0.4 is 4.74 Å².